The largest absolute Gasteiger partial charge is 0.456 e. The molecule has 0 saturated carbocycles. The van der Waals surface area contributed by atoms with Gasteiger partial charge in [0.2, 0.25) is 0 Å². The molecule has 10 rings (SSSR count). The molecule has 2 heteroatoms. The average molecular weight is 588 g/mol. The summed E-state index contributed by atoms with van der Waals surface area (Å²) in [6.45, 7) is 0. The van der Waals surface area contributed by atoms with E-state index in [1.165, 1.54) is 66.7 Å². The monoisotopic (exact) mass is 587 g/mol. The molecule has 0 N–H and O–H groups in total. The van der Waals surface area contributed by atoms with Crippen molar-refractivity contribution in [2.24, 2.45) is 0 Å². The Labute approximate surface area is 268 Å². The van der Waals surface area contributed by atoms with Crippen molar-refractivity contribution in [3.05, 3.63) is 174 Å². The summed E-state index contributed by atoms with van der Waals surface area (Å²) in [5.74, 6) is 2.11. The van der Waals surface area contributed by atoms with E-state index in [1.807, 2.05) is 12.1 Å². The summed E-state index contributed by atoms with van der Waals surface area (Å²) in [4.78, 5) is 2.56. The van der Waals surface area contributed by atoms with Crippen molar-refractivity contribution in [1.29, 1.82) is 0 Å². The van der Waals surface area contributed by atoms with E-state index in [-0.39, 0.29) is 12.0 Å². The first kappa shape index (κ1) is 25.5. The number of hydrogen-bond donors (Lipinski definition) is 0. The lowest BCUT2D eigenvalue weighted by atomic mass is 9.81. The molecule has 2 aliphatic heterocycles. The van der Waals surface area contributed by atoms with Crippen molar-refractivity contribution < 1.29 is 4.74 Å². The van der Waals surface area contributed by atoms with Gasteiger partial charge in [-0.05, 0) is 68.6 Å². The lowest BCUT2D eigenvalue weighted by molar-refractivity contribution is 0.487. The molecule has 2 unspecified atom stereocenters. The quantitative estimate of drug-likeness (QED) is 0.204. The number of rotatable bonds is 3. The molecule has 2 atom stereocenters. The van der Waals surface area contributed by atoms with Gasteiger partial charge in [-0.3, -0.25) is 0 Å². The van der Waals surface area contributed by atoms with Gasteiger partial charge in [-0.15, -0.1) is 0 Å². The zero-order chi connectivity index (χ0) is 30.2. The zero-order valence-electron chi connectivity index (χ0n) is 25.1. The summed E-state index contributed by atoms with van der Waals surface area (Å²) in [6.07, 6.45) is 4.70. The van der Waals surface area contributed by atoms with Gasteiger partial charge in [-0.2, -0.15) is 0 Å². The van der Waals surface area contributed by atoms with Gasteiger partial charge in [0.15, 0.2) is 0 Å². The highest BCUT2D eigenvalue weighted by Gasteiger charge is 2.42. The van der Waals surface area contributed by atoms with Crippen LogP contribution in [0.25, 0.3) is 50.2 Å². The van der Waals surface area contributed by atoms with Crippen molar-refractivity contribution in [3.63, 3.8) is 0 Å². The summed E-state index contributed by atoms with van der Waals surface area (Å²) in [5.41, 5.74) is 13.9. The second-order valence-corrected chi connectivity index (χ2v) is 12.4. The Morgan fingerprint density at radius 2 is 1.17 bits per heavy atom. The van der Waals surface area contributed by atoms with Crippen molar-refractivity contribution >= 4 is 28.2 Å². The summed E-state index contributed by atoms with van der Waals surface area (Å²) in [7, 11) is 0. The second-order valence-electron chi connectivity index (χ2n) is 12.4. The number of nitrogens with zero attached hydrogens (tertiary/aromatic N) is 1. The normalized spacial score (nSPS) is 16.7. The van der Waals surface area contributed by atoms with Gasteiger partial charge in [0.25, 0.3) is 0 Å². The van der Waals surface area contributed by atoms with E-state index in [0.717, 1.165) is 17.1 Å². The number of anilines is 2. The first-order chi connectivity index (χ1) is 22.8. The fraction of sp³-hybridized carbons (Fsp3) is 0.0455. The van der Waals surface area contributed by atoms with Gasteiger partial charge in [0.1, 0.15) is 11.5 Å². The highest BCUT2D eigenvalue weighted by molar-refractivity contribution is 6.10. The van der Waals surface area contributed by atoms with Crippen molar-refractivity contribution in [3.8, 4) is 44.9 Å². The number of fused-ring (bicyclic) bond motifs is 7. The van der Waals surface area contributed by atoms with Crippen LogP contribution in [0.15, 0.2) is 158 Å². The third-order valence-corrected chi connectivity index (χ3v) is 10.0. The molecule has 2 nitrogen and oxygen atoms in total. The van der Waals surface area contributed by atoms with Crippen molar-refractivity contribution in [1.82, 2.24) is 0 Å². The molecule has 0 saturated heterocycles. The fourth-order valence-electron chi connectivity index (χ4n) is 8.04. The molecule has 46 heavy (non-hydrogen) atoms. The van der Waals surface area contributed by atoms with Crippen molar-refractivity contribution in [2.75, 3.05) is 4.90 Å². The van der Waals surface area contributed by atoms with E-state index < -0.39 is 0 Å². The molecule has 216 valence electrons. The van der Waals surface area contributed by atoms with Crippen LogP contribution in [0.2, 0.25) is 0 Å². The molecule has 7 aromatic carbocycles. The van der Waals surface area contributed by atoms with Gasteiger partial charge in [0, 0.05) is 28.1 Å². The predicted molar refractivity (Wildman–Crippen MR) is 190 cm³/mol. The summed E-state index contributed by atoms with van der Waals surface area (Å²) in [5, 5.41) is 2.39. The standard InChI is InChI=1S/C44H29NO/c1-2-11-31(12-3-1)45-39-26-24-28-10-4-5-13-33(28)42(39)38-18-8-15-34(44(38)45)30-22-20-29(21-23-30)32-25-27-41-43-36(32)16-9-17-37(43)35-14-6-7-19-40(35)46-41/h1-27,39,42H. The van der Waals surface area contributed by atoms with E-state index in [9.17, 15) is 0 Å². The number of benzene rings is 7. The Bertz CT molecular complexity index is 2350. The summed E-state index contributed by atoms with van der Waals surface area (Å²) >= 11 is 0. The molecule has 0 amide bonds. The van der Waals surface area contributed by atoms with Crippen LogP contribution < -0.4 is 9.64 Å². The maximum absolute atomic E-state index is 6.36. The highest BCUT2D eigenvalue weighted by atomic mass is 16.5. The molecular weight excluding hydrogens is 558 g/mol. The minimum absolute atomic E-state index is 0.220. The Morgan fingerprint density at radius 3 is 2.07 bits per heavy atom. The first-order valence-corrected chi connectivity index (χ1v) is 16.0. The number of ether oxygens (including phenoxy) is 1. The molecule has 2 heterocycles. The van der Waals surface area contributed by atoms with Gasteiger partial charge in [-0.1, -0.05) is 140 Å². The van der Waals surface area contributed by atoms with Crippen LogP contribution in [0, 0.1) is 0 Å². The van der Waals surface area contributed by atoms with Gasteiger partial charge in [-0.25, -0.2) is 0 Å². The van der Waals surface area contributed by atoms with Crippen LogP contribution in [0.4, 0.5) is 11.4 Å². The highest BCUT2D eigenvalue weighted by Crippen LogP contribution is 2.55. The maximum atomic E-state index is 6.36. The van der Waals surface area contributed by atoms with Crippen LogP contribution in [0.1, 0.15) is 22.6 Å². The van der Waals surface area contributed by atoms with E-state index in [1.54, 1.807) is 0 Å². The average Bonchev–Trinajstić information content (AvgIpc) is 3.48. The molecule has 0 fully saturated rings. The lowest BCUT2D eigenvalue weighted by Crippen LogP contribution is -2.30. The van der Waals surface area contributed by atoms with E-state index >= 15 is 0 Å². The smallest absolute Gasteiger partial charge is 0.135 e. The summed E-state index contributed by atoms with van der Waals surface area (Å²) < 4.78 is 6.36. The van der Waals surface area contributed by atoms with E-state index in [2.05, 4.69) is 157 Å². The molecule has 1 aliphatic carbocycles. The van der Waals surface area contributed by atoms with E-state index in [0.29, 0.717) is 0 Å². The molecule has 3 aliphatic rings. The molecule has 0 radical (unpaired) electrons. The number of para-hydroxylation sites is 3. The SMILES string of the molecule is C1=CC2C(c3ccccc31)c1cccc(-c3ccc(-c4ccc5c6c(cccc46)-c4ccccc4O5)cc3)c1N2c1ccccc1. The maximum Gasteiger partial charge on any atom is 0.135 e. The molecule has 0 bridgehead atoms. The van der Waals surface area contributed by atoms with Gasteiger partial charge in [0.05, 0.1) is 11.7 Å². The first-order valence-electron chi connectivity index (χ1n) is 16.0. The van der Waals surface area contributed by atoms with Crippen LogP contribution in [-0.2, 0) is 0 Å². The van der Waals surface area contributed by atoms with Crippen LogP contribution in [-0.4, -0.2) is 6.04 Å². The molecule has 0 spiro atoms. The van der Waals surface area contributed by atoms with Crippen LogP contribution >= 0.6 is 0 Å². The Hall–Kier alpha value is -5.86. The number of hydrogen-bond acceptors (Lipinski definition) is 2. The van der Waals surface area contributed by atoms with Gasteiger partial charge >= 0.3 is 0 Å². The third-order valence-electron chi connectivity index (χ3n) is 10.0. The van der Waals surface area contributed by atoms with Gasteiger partial charge < -0.3 is 9.64 Å². The summed E-state index contributed by atoms with van der Waals surface area (Å²) in [6, 6.07) is 55.2. The van der Waals surface area contributed by atoms with E-state index in [4.69, 9.17) is 4.74 Å². The van der Waals surface area contributed by atoms with Crippen molar-refractivity contribution in [2.45, 2.75) is 12.0 Å². The Balaban J connectivity index is 1.11. The Kier molecular flexibility index (Phi) is 5.44. The second kappa shape index (κ2) is 9.82. The zero-order valence-corrected chi connectivity index (χ0v) is 25.1. The van der Waals surface area contributed by atoms with Crippen LogP contribution in [0.5, 0.6) is 11.5 Å². The Morgan fingerprint density at radius 1 is 0.478 bits per heavy atom. The minimum Gasteiger partial charge on any atom is -0.456 e. The molecule has 0 aromatic heterocycles. The third kappa shape index (κ3) is 3.64. The topological polar surface area (TPSA) is 12.5 Å². The minimum atomic E-state index is 0.220. The molecular formula is C44H29NO. The lowest BCUT2D eigenvalue weighted by Gasteiger charge is -2.32. The van der Waals surface area contributed by atoms with Crippen LogP contribution in [0.3, 0.4) is 0 Å². The fourth-order valence-corrected chi connectivity index (χ4v) is 8.04. The predicted octanol–water partition coefficient (Wildman–Crippen LogP) is 11.6. The molecule has 7 aromatic rings.